The van der Waals surface area contributed by atoms with Gasteiger partial charge in [-0.25, -0.2) is 0 Å². The molecule has 1 aromatic heterocycles. The lowest BCUT2D eigenvalue weighted by atomic mass is 10.1. The van der Waals surface area contributed by atoms with Gasteiger partial charge >= 0.3 is 0 Å². The van der Waals surface area contributed by atoms with E-state index in [0.29, 0.717) is 5.76 Å². The summed E-state index contributed by atoms with van der Waals surface area (Å²) in [5.74, 6) is 0.270. The Kier molecular flexibility index (Phi) is 3.03. The molecule has 1 atom stereocenters. The second-order valence-corrected chi connectivity index (χ2v) is 5.25. The maximum atomic E-state index is 12.1. The summed E-state index contributed by atoms with van der Waals surface area (Å²) in [5.41, 5.74) is 3.16. The second-order valence-electron chi connectivity index (χ2n) is 5.25. The normalized spacial score (nSPS) is 18.9. The van der Waals surface area contributed by atoms with Crippen LogP contribution in [-0.4, -0.2) is 25.0 Å². The Morgan fingerprint density at radius 2 is 2.11 bits per heavy atom. The van der Waals surface area contributed by atoms with Gasteiger partial charge in [0.05, 0.1) is 0 Å². The topological polar surface area (TPSA) is 54.3 Å². The number of carbonyl (C=O) groups is 1. The molecule has 100 valence electrons. The Balaban J connectivity index is 1.86. The Hall–Kier alpha value is -1.81. The zero-order valence-corrected chi connectivity index (χ0v) is 11.2. The summed E-state index contributed by atoms with van der Waals surface area (Å²) in [6, 6.07) is 6.07. The number of fused-ring (bicyclic) bond motifs is 1. The van der Waals surface area contributed by atoms with Gasteiger partial charge < -0.3 is 15.1 Å². The lowest BCUT2D eigenvalue weighted by Crippen LogP contribution is -2.35. The number of nitrogens with one attached hydrogen (secondary N) is 2. The molecule has 1 fully saturated rings. The van der Waals surface area contributed by atoms with Crippen LogP contribution in [0.3, 0.4) is 0 Å². The van der Waals surface area contributed by atoms with Crippen LogP contribution in [0, 0.1) is 13.8 Å². The van der Waals surface area contributed by atoms with Crippen molar-refractivity contribution in [2.45, 2.75) is 26.3 Å². The highest BCUT2D eigenvalue weighted by Crippen LogP contribution is 2.23. The Labute approximate surface area is 112 Å². The number of rotatable bonds is 2. The van der Waals surface area contributed by atoms with Crippen LogP contribution in [0.2, 0.25) is 0 Å². The molecule has 1 saturated heterocycles. The lowest BCUT2D eigenvalue weighted by Gasteiger charge is -2.08. The van der Waals surface area contributed by atoms with E-state index in [1.807, 2.05) is 19.1 Å². The van der Waals surface area contributed by atoms with Gasteiger partial charge in [0.25, 0.3) is 5.91 Å². The zero-order valence-electron chi connectivity index (χ0n) is 11.2. The standard InChI is InChI=1S/C15H18N2O2/c1-9-5-11-7-14(19-13(11)6-10(9)2)15(18)17-12-3-4-16-8-12/h5-7,12,16H,3-4,8H2,1-2H3,(H,17,18). The molecule has 0 saturated carbocycles. The van der Waals surface area contributed by atoms with Crippen LogP contribution in [0.4, 0.5) is 0 Å². The molecule has 0 spiro atoms. The van der Waals surface area contributed by atoms with E-state index in [1.165, 1.54) is 11.1 Å². The van der Waals surface area contributed by atoms with Gasteiger partial charge in [-0.1, -0.05) is 0 Å². The van der Waals surface area contributed by atoms with Crippen molar-refractivity contribution < 1.29 is 9.21 Å². The summed E-state index contributed by atoms with van der Waals surface area (Å²) >= 11 is 0. The van der Waals surface area contributed by atoms with Gasteiger partial charge in [-0.15, -0.1) is 0 Å². The first-order chi connectivity index (χ1) is 9.13. The smallest absolute Gasteiger partial charge is 0.287 e. The second kappa shape index (κ2) is 4.70. The van der Waals surface area contributed by atoms with Crippen molar-refractivity contribution in [1.82, 2.24) is 10.6 Å². The van der Waals surface area contributed by atoms with E-state index in [2.05, 4.69) is 23.6 Å². The molecule has 1 unspecified atom stereocenters. The molecule has 1 aliphatic heterocycles. The zero-order chi connectivity index (χ0) is 13.4. The van der Waals surface area contributed by atoms with Crippen LogP contribution in [0.5, 0.6) is 0 Å². The fourth-order valence-corrected chi connectivity index (χ4v) is 2.45. The van der Waals surface area contributed by atoms with E-state index in [4.69, 9.17) is 4.42 Å². The summed E-state index contributed by atoms with van der Waals surface area (Å²) in [6.45, 7) is 5.90. The maximum absolute atomic E-state index is 12.1. The Morgan fingerprint density at radius 3 is 2.84 bits per heavy atom. The highest BCUT2D eigenvalue weighted by Gasteiger charge is 2.20. The molecular formula is C15H18N2O2. The van der Waals surface area contributed by atoms with Crippen molar-refractivity contribution >= 4 is 16.9 Å². The molecule has 4 heteroatoms. The van der Waals surface area contributed by atoms with Gasteiger partial charge in [0, 0.05) is 18.0 Å². The van der Waals surface area contributed by atoms with E-state index in [0.717, 1.165) is 30.5 Å². The first kappa shape index (κ1) is 12.2. The first-order valence-electron chi connectivity index (χ1n) is 6.66. The van der Waals surface area contributed by atoms with Gasteiger partial charge in [0.15, 0.2) is 5.76 Å². The fraction of sp³-hybridized carbons (Fsp3) is 0.400. The van der Waals surface area contributed by atoms with Gasteiger partial charge in [-0.2, -0.15) is 0 Å². The lowest BCUT2D eigenvalue weighted by molar-refractivity contribution is 0.0914. The van der Waals surface area contributed by atoms with Crippen LogP contribution < -0.4 is 10.6 Å². The van der Waals surface area contributed by atoms with E-state index in [1.54, 1.807) is 0 Å². The minimum absolute atomic E-state index is 0.125. The highest BCUT2D eigenvalue weighted by atomic mass is 16.3. The number of amides is 1. The average Bonchev–Trinajstić information content (AvgIpc) is 2.99. The monoisotopic (exact) mass is 258 g/mol. The molecular weight excluding hydrogens is 240 g/mol. The summed E-state index contributed by atoms with van der Waals surface area (Å²) in [4.78, 5) is 12.1. The number of furan rings is 1. The molecule has 2 heterocycles. The van der Waals surface area contributed by atoms with Crippen molar-refractivity contribution in [2.75, 3.05) is 13.1 Å². The molecule has 2 N–H and O–H groups in total. The molecule has 19 heavy (non-hydrogen) atoms. The van der Waals surface area contributed by atoms with E-state index in [9.17, 15) is 4.79 Å². The van der Waals surface area contributed by atoms with Crippen molar-refractivity contribution in [3.05, 3.63) is 35.1 Å². The molecule has 1 amide bonds. The van der Waals surface area contributed by atoms with Crippen LogP contribution in [0.15, 0.2) is 22.6 Å². The largest absolute Gasteiger partial charge is 0.451 e. The predicted octanol–water partition coefficient (Wildman–Crippen LogP) is 2.14. The van der Waals surface area contributed by atoms with Gasteiger partial charge in [-0.05, 0) is 56.1 Å². The highest BCUT2D eigenvalue weighted by molar-refractivity contribution is 5.96. The molecule has 2 aromatic rings. The van der Waals surface area contributed by atoms with E-state index < -0.39 is 0 Å². The number of hydrogen-bond acceptors (Lipinski definition) is 3. The summed E-state index contributed by atoms with van der Waals surface area (Å²) in [5, 5.41) is 7.20. The first-order valence-corrected chi connectivity index (χ1v) is 6.66. The maximum Gasteiger partial charge on any atom is 0.287 e. The van der Waals surface area contributed by atoms with Gasteiger partial charge in [-0.3, -0.25) is 4.79 Å². The summed E-state index contributed by atoms with van der Waals surface area (Å²) in [7, 11) is 0. The molecule has 1 aliphatic rings. The fourth-order valence-electron chi connectivity index (χ4n) is 2.45. The van der Waals surface area contributed by atoms with Crippen LogP contribution in [-0.2, 0) is 0 Å². The SMILES string of the molecule is Cc1cc2cc(C(=O)NC3CCNC3)oc2cc1C. The van der Waals surface area contributed by atoms with Crippen molar-refractivity contribution in [3.63, 3.8) is 0 Å². The minimum atomic E-state index is -0.125. The Bertz CT molecular complexity index is 585. The predicted molar refractivity (Wildman–Crippen MR) is 74.4 cm³/mol. The van der Waals surface area contributed by atoms with Crippen LogP contribution >= 0.6 is 0 Å². The molecule has 0 aliphatic carbocycles. The van der Waals surface area contributed by atoms with Crippen molar-refractivity contribution in [3.8, 4) is 0 Å². The average molecular weight is 258 g/mol. The summed E-state index contributed by atoms with van der Waals surface area (Å²) in [6.07, 6.45) is 0.976. The third kappa shape index (κ3) is 2.36. The quantitative estimate of drug-likeness (QED) is 0.867. The van der Waals surface area contributed by atoms with E-state index >= 15 is 0 Å². The third-order valence-corrected chi connectivity index (χ3v) is 3.75. The van der Waals surface area contributed by atoms with Crippen LogP contribution in [0.1, 0.15) is 28.1 Å². The Morgan fingerprint density at radius 1 is 1.32 bits per heavy atom. The van der Waals surface area contributed by atoms with Crippen molar-refractivity contribution in [2.24, 2.45) is 0 Å². The summed E-state index contributed by atoms with van der Waals surface area (Å²) < 4.78 is 5.64. The van der Waals surface area contributed by atoms with Gasteiger partial charge in [0.1, 0.15) is 5.58 Å². The molecule has 4 nitrogen and oxygen atoms in total. The van der Waals surface area contributed by atoms with E-state index in [-0.39, 0.29) is 11.9 Å². The van der Waals surface area contributed by atoms with Crippen LogP contribution in [0.25, 0.3) is 11.0 Å². The third-order valence-electron chi connectivity index (χ3n) is 3.75. The van der Waals surface area contributed by atoms with Gasteiger partial charge in [0.2, 0.25) is 0 Å². The number of benzene rings is 1. The molecule has 3 rings (SSSR count). The number of aryl methyl sites for hydroxylation is 2. The number of hydrogen-bond donors (Lipinski definition) is 2. The minimum Gasteiger partial charge on any atom is -0.451 e. The molecule has 0 radical (unpaired) electrons. The number of carbonyl (C=O) groups excluding carboxylic acids is 1. The molecule has 1 aromatic carbocycles. The van der Waals surface area contributed by atoms with Crippen molar-refractivity contribution in [1.29, 1.82) is 0 Å². The molecule has 0 bridgehead atoms.